The number of nitrogens with zero attached hydrogens (tertiary/aromatic N) is 3. The Labute approximate surface area is 153 Å². The summed E-state index contributed by atoms with van der Waals surface area (Å²) in [5.74, 6) is 0.499. The van der Waals surface area contributed by atoms with Crippen molar-refractivity contribution in [3.05, 3.63) is 37.9 Å². The Bertz CT molecular complexity index is 864. The molecule has 0 aliphatic heterocycles. The van der Waals surface area contributed by atoms with E-state index in [9.17, 15) is 0 Å². The quantitative estimate of drug-likeness (QED) is 0.496. The predicted molar refractivity (Wildman–Crippen MR) is 102 cm³/mol. The van der Waals surface area contributed by atoms with Crippen LogP contribution in [-0.4, -0.2) is 14.6 Å². The molecule has 3 rings (SSSR count). The van der Waals surface area contributed by atoms with E-state index in [1.165, 1.54) is 5.56 Å². The van der Waals surface area contributed by atoms with Crippen molar-refractivity contribution in [1.82, 2.24) is 14.6 Å². The van der Waals surface area contributed by atoms with Gasteiger partial charge in [0, 0.05) is 5.56 Å². The normalized spacial score (nSPS) is 11.8. The molecule has 3 aromatic rings. The van der Waals surface area contributed by atoms with Crippen LogP contribution in [-0.2, 0) is 0 Å². The summed E-state index contributed by atoms with van der Waals surface area (Å²) in [6, 6.07) is 4.10. The van der Waals surface area contributed by atoms with Crippen LogP contribution in [0.5, 0.6) is 0 Å². The van der Waals surface area contributed by atoms with Gasteiger partial charge in [-0.1, -0.05) is 25.4 Å². The molecule has 3 heterocycles. The summed E-state index contributed by atoms with van der Waals surface area (Å²) in [4.78, 5) is 5.84. The number of aromatic nitrogens is 3. The first-order valence-corrected chi connectivity index (χ1v) is 9.77. The van der Waals surface area contributed by atoms with E-state index in [-0.39, 0.29) is 0 Å². The highest BCUT2D eigenvalue weighted by atomic mass is 79.9. The first-order chi connectivity index (χ1) is 11.0. The zero-order valence-corrected chi connectivity index (χ0v) is 16.8. The lowest BCUT2D eigenvalue weighted by Gasteiger charge is -2.14. The van der Waals surface area contributed by atoms with Crippen molar-refractivity contribution in [1.29, 1.82) is 0 Å². The first kappa shape index (κ1) is 16.9. The van der Waals surface area contributed by atoms with Crippen LogP contribution < -0.4 is 0 Å². The molecule has 0 N–H and O–H groups in total. The van der Waals surface area contributed by atoms with Gasteiger partial charge in [-0.25, -0.2) is 9.50 Å². The van der Waals surface area contributed by atoms with Gasteiger partial charge in [0.15, 0.2) is 5.65 Å². The molecule has 0 radical (unpaired) electrons. The molecular weight excluding hydrogens is 394 g/mol. The molecule has 0 amide bonds. The molecule has 0 bridgehead atoms. The Hall–Kier alpha value is -0.910. The average Bonchev–Trinajstić information content (AvgIpc) is 2.98. The number of hydrogen-bond acceptors (Lipinski definition) is 3. The van der Waals surface area contributed by atoms with Crippen molar-refractivity contribution in [3.63, 3.8) is 0 Å². The monoisotopic (exact) mass is 411 g/mol. The summed E-state index contributed by atoms with van der Waals surface area (Å²) >= 11 is 11.5. The molecule has 0 aromatic carbocycles. The molecule has 0 aliphatic rings. The van der Waals surface area contributed by atoms with Crippen molar-refractivity contribution in [2.75, 3.05) is 0 Å². The van der Waals surface area contributed by atoms with Gasteiger partial charge in [-0.3, -0.25) is 0 Å². The molecule has 0 unspecified atom stereocenters. The van der Waals surface area contributed by atoms with E-state index in [4.69, 9.17) is 21.7 Å². The molecule has 0 atom stereocenters. The van der Waals surface area contributed by atoms with Gasteiger partial charge in [-0.2, -0.15) is 5.10 Å². The third-order valence-electron chi connectivity index (χ3n) is 4.21. The molecule has 122 valence electrons. The van der Waals surface area contributed by atoms with Crippen molar-refractivity contribution >= 4 is 44.5 Å². The molecule has 23 heavy (non-hydrogen) atoms. The number of thiophene rings is 1. The maximum absolute atomic E-state index is 6.42. The second kappa shape index (κ2) is 6.54. The molecule has 0 spiro atoms. The first-order valence-electron chi connectivity index (χ1n) is 7.78. The van der Waals surface area contributed by atoms with Crippen LogP contribution in [0.3, 0.4) is 0 Å². The van der Waals surface area contributed by atoms with Crippen molar-refractivity contribution in [2.24, 2.45) is 0 Å². The van der Waals surface area contributed by atoms with Gasteiger partial charge in [-0.05, 0) is 60.7 Å². The summed E-state index contributed by atoms with van der Waals surface area (Å²) in [6.45, 7) is 8.52. The second-order valence-electron chi connectivity index (χ2n) is 5.76. The van der Waals surface area contributed by atoms with E-state index in [0.717, 1.165) is 49.3 Å². The van der Waals surface area contributed by atoms with Crippen molar-refractivity contribution in [2.45, 2.75) is 46.5 Å². The van der Waals surface area contributed by atoms with Gasteiger partial charge in [0.05, 0.1) is 25.1 Å². The van der Waals surface area contributed by atoms with E-state index in [1.54, 1.807) is 11.3 Å². The molecular formula is C17H19BrClN3S. The predicted octanol–water partition coefficient (Wildman–Crippen LogP) is 6.39. The van der Waals surface area contributed by atoms with Crippen LogP contribution in [0.15, 0.2) is 15.9 Å². The number of rotatable bonds is 4. The Morgan fingerprint density at radius 1 is 1.26 bits per heavy atom. The number of halogens is 2. The van der Waals surface area contributed by atoms with Crippen molar-refractivity contribution in [3.8, 4) is 10.6 Å². The maximum atomic E-state index is 6.42. The van der Waals surface area contributed by atoms with Crippen molar-refractivity contribution < 1.29 is 0 Å². The molecule has 3 nitrogen and oxygen atoms in total. The number of aryl methyl sites for hydroxylation is 2. The molecule has 3 aromatic heterocycles. The van der Waals surface area contributed by atoms with Gasteiger partial charge in [0.25, 0.3) is 0 Å². The Morgan fingerprint density at radius 3 is 2.52 bits per heavy atom. The topological polar surface area (TPSA) is 30.2 Å². The lowest BCUT2D eigenvalue weighted by molar-refractivity contribution is 0.638. The average molecular weight is 413 g/mol. The third kappa shape index (κ3) is 2.94. The number of imidazole rings is 1. The van der Waals surface area contributed by atoms with Gasteiger partial charge in [0.1, 0.15) is 5.69 Å². The summed E-state index contributed by atoms with van der Waals surface area (Å²) in [5.41, 5.74) is 5.20. The highest BCUT2D eigenvalue weighted by Crippen LogP contribution is 2.41. The van der Waals surface area contributed by atoms with Gasteiger partial charge < -0.3 is 0 Å². The maximum Gasteiger partial charge on any atom is 0.158 e. The highest BCUT2D eigenvalue weighted by Gasteiger charge is 2.22. The molecule has 0 saturated carbocycles. The molecule has 0 fully saturated rings. The second-order valence-corrected chi connectivity index (χ2v) is 8.60. The minimum atomic E-state index is 0.499. The van der Waals surface area contributed by atoms with E-state index in [0.29, 0.717) is 5.92 Å². The fourth-order valence-electron chi connectivity index (χ4n) is 3.07. The van der Waals surface area contributed by atoms with E-state index in [2.05, 4.69) is 35.8 Å². The summed E-state index contributed by atoms with van der Waals surface area (Å²) < 4.78 is 2.99. The Morgan fingerprint density at radius 2 is 1.96 bits per heavy atom. The lowest BCUT2D eigenvalue weighted by atomic mass is 9.95. The summed E-state index contributed by atoms with van der Waals surface area (Å²) in [6.07, 6.45) is 2.20. The van der Waals surface area contributed by atoms with Gasteiger partial charge in [0.2, 0.25) is 0 Å². The molecule has 0 saturated heterocycles. The van der Waals surface area contributed by atoms with Crippen LogP contribution in [0.1, 0.15) is 49.6 Å². The minimum absolute atomic E-state index is 0.499. The van der Waals surface area contributed by atoms with Crippen LogP contribution in [0.25, 0.3) is 16.2 Å². The van der Waals surface area contributed by atoms with Crippen LogP contribution >= 0.6 is 38.9 Å². The molecule has 6 heteroatoms. The zero-order chi connectivity index (χ0) is 16.7. The van der Waals surface area contributed by atoms with E-state index < -0.39 is 0 Å². The third-order valence-corrected chi connectivity index (χ3v) is 6.26. The Kier molecular flexibility index (Phi) is 4.81. The van der Waals surface area contributed by atoms with Crippen LogP contribution in [0.4, 0.5) is 0 Å². The van der Waals surface area contributed by atoms with Crippen LogP contribution in [0, 0.1) is 13.8 Å². The molecule has 0 aliphatic carbocycles. The fraction of sp³-hybridized carbons (Fsp3) is 0.412. The number of hydrogen-bond donors (Lipinski definition) is 0. The summed E-state index contributed by atoms with van der Waals surface area (Å²) in [5, 5.41) is 5.46. The van der Waals surface area contributed by atoms with E-state index in [1.807, 2.05) is 24.4 Å². The largest absolute Gasteiger partial charge is 0.231 e. The SMILES string of the molecule is CCC(CC)c1cc(C)nn2c(-c3sc(Br)cc3Cl)c(C)nc12. The van der Waals surface area contributed by atoms with Gasteiger partial charge in [-0.15, -0.1) is 11.3 Å². The van der Waals surface area contributed by atoms with Crippen LogP contribution in [0.2, 0.25) is 5.02 Å². The fourth-order valence-corrected chi connectivity index (χ4v) is 5.15. The van der Waals surface area contributed by atoms with Gasteiger partial charge >= 0.3 is 0 Å². The lowest BCUT2D eigenvalue weighted by Crippen LogP contribution is -2.04. The Balaban J connectivity index is 2.33. The number of fused-ring (bicyclic) bond motifs is 1. The minimum Gasteiger partial charge on any atom is -0.231 e. The van der Waals surface area contributed by atoms with E-state index >= 15 is 0 Å². The standard InChI is InChI=1S/C17H19BrClN3S/c1-5-11(6-2)12-7-9(3)21-22-15(10(4)20-17(12)22)16-13(19)8-14(18)23-16/h7-8,11H,5-6H2,1-4H3. The summed E-state index contributed by atoms with van der Waals surface area (Å²) in [7, 11) is 0. The zero-order valence-electron chi connectivity index (χ0n) is 13.7. The highest BCUT2D eigenvalue weighted by molar-refractivity contribution is 9.11. The smallest absolute Gasteiger partial charge is 0.158 e.